The Balaban J connectivity index is 1.59. The summed E-state index contributed by atoms with van der Waals surface area (Å²) in [4.78, 5) is 16.4. The van der Waals surface area contributed by atoms with E-state index in [0.29, 0.717) is 11.1 Å². The number of rotatable bonds is 8. The predicted molar refractivity (Wildman–Crippen MR) is 111 cm³/mol. The van der Waals surface area contributed by atoms with Crippen LogP contribution in [0, 0.1) is 12.7 Å². The largest absolute Gasteiger partial charge is 0.352 e. The van der Waals surface area contributed by atoms with Gasteiger partial charge in [-0.1, -0.05) is 30.3 Å². The molecule has 2 N–H and O–H groups in total. The summed E-state index contributed by atoms with van der Waals surface area (Å²) in [5.41, 5.74) is 2.85. The predicted octanol–water partition coefficient (Wildman–Crippen LogP) is 2.87. The van der Waals surface area contributed by atoms with E-state index in [2.05, 4.69) is 15.0 Å². The van der Waals surface area contributed by atoms with E-state index in [1.54, 1.807) is 24.4 Å². The van der Waals surface area contributed by atoms with Crippen molar-refractivity contribution in [1.29, 1.82) is 0 Å². The molecule has 0 spiro atoms. The zero-order valence-electron chi connectivity index (χ0n) is 16.4. The minimum atomic E-state index is -3.78. The monoisotopic (exact) mass is 427 g/mol. The lowest BCUT2D eigenvalue weighted by Gasteiger charge is -2.10. The number of pyridine rings is 1. The van der Waals surface area contributed by atoms with Crippen molar-refractivity contribution in [2.45, 2.75) is 31.3 Å². The van der Waals surface area contributed by atoms with Gasteiger partial charge >= 0.3 is 0 Å². The van der Waals surface area contributed by atoms with Crippen LogP contribution in [0.1, 0.15) is 22.4 Å². The maximum Gasteiger partial charge on any atom is 0.240 e. The van der Waals surface area contributed by atoms with Crippen LogP contribution in [-0.2, 0) is 34.3 Å². The highest BCUT2D eigenvalue weighted by Gasteiger charge is 2.14. The van der Waals surface area contributed by atoms with Gasteiger partial charge in [0.1, 0.15) is 5.82 Å². The number of aromatic nitrogens is 1. The molecule has 1 heterocycles. The molecule has 1 aromatic heterocycles. The van der Waals surface area contributed by atoms with Crippen LogP contribution in [0.15, 0.2) is 71.8 Å². The van der Waals surface area contributed by atoms with Crippen molar-refractivity contribution >= 4 is 15.9 Å². The Hall–Kier alpha value is -3.10. The zero-order chi connectivity index (χ0) is 21.6. The molecule has 2 aromatic carbocycles. The number of nitrogens with one attached hydrogen (secondary N) is 2. The zero-order valence-corrected chi connectivity index (χ0v) is 17.2. The van der Waals surface area contributed by atoms with Crippen LogP contribution in [0.3, 0.4) is 0 Å². The topological polar surface area (TPSA) is 88.2 Å². The van der Waals surface area contributed by atoms with Crippen LogP contribution in [0.25, 0.3) is 0 Å². The van der Waals surface area contributed by atoms with Crippen molar-refractivity contribution < 1.29 is 17.6 Å². The minimum Gasteiger partial charge on any atom is -0.352 e. The highest BCUT2D eigenvalue weighted by Crippen LogP contribution is 2.13. The van der Waals surface area contributed by atoms with Crippen molar-refractivity contribution in [2.75, 3.05) is 0 Å². The summed E-state index contributed by atoms with van der Waals surface area (Å²) in [7, 11) is -3.78. The molecule has 0 aliphatic heterocycles. The average molecular weight is 428 g/mol. The van der Waals surface area contributed by atoms with Gasteiger partial charge in [-0.15, -0.1) is 0 Å². The standard InChI is InChI=1S/C22H22FN3O3S/c1-16-8-9-19(13-24-16)12-22(27)25-14-18-5-3-7-21(11-18)30(28,29)26-15-17-4-2-6-20(23)10-17/h2-11,13,26H,12,14-15H2,1H3,(H,25,27). The van der Waals surface area contributed by atoms with Gasteiger partial charge in [-0.25, -0.2) is 17.5 Å². The Kier molecular flexibility index (Phi) is 6.91. The number of amides is 1. The number of hydrogen-bond acceptors (Lipinski definition) is 4. The van der Waals surface area contributed by atoms with Gasteiger partial charge in [0.2, 0.25) is 15.9 Å². The maximum absolute atomic E-state index is 13.3. The third-order valence-corrected chi connectivity index (χ3v) is 5.79. The molecule has 0 atom stereocenters. The number of sulfonamides is 1. The summed E-state index contributed by atoms with van der Waals surface area (Å²) in [5, 5.41) is 2.78. The van der Waals surface area contributed by atoms with E-state index in [1.807, 2.05) is 19.1 Å². The highest BCUT2D eigenvalue weighted by atomic mass is 32.2. The molecule has 30 heavy (non-hydrogen) atoms. The lowest BCUT2D eigenvalue weighted by Crippen LogP contribution is -2.25. The van der Waals surface area contributed by atoms with E-state index >= 15 is 0 Å². The Bertz CT molecular complexity index is 1130. The van der Waals surface area contributed by atoms with Crippen molar-refractivity contribution in [3.63, 3.8) is 0 Å². The number of benzene rings is 2. The van der Waals surface area contributed by atoms with Crippen molar-refractivity contribution in [3.8, 4) is 0 Å². The normalized spacial score (nSPS) is 11.3. The molecule has 8 heteroatoms. The molecular formula is C22H22FN3O3S. The van der Waals surface area contributed by atoms with Crippen molar-refractivity contribution in [3.05, 3.63) is 95.1 Å². The SMILES string of the molecule is Cc1ccc(CC(=O)NCc2cccc(S(=O)(=O)NCc3cccc(F)c3)c2)cn1. The van der Waals surface area contributed by atoms with Gasteiger partial charge in [-0.05, 0) is 53.9 Å². The second-order valence-corrected chi connectivity index (χ2v) is 8.63. The fourth-order valence-corrected chi connectivity index (χ4v) is 3.87. The average Bonchev–Trinajstić information content (AvgIpc) is 2.73. The van der Waals surface area contributed by atoms with Crippen LogP contribution < -0.4 is 10.0 Å². The molecule has 0 unspecified atom stereocenters. The second-order valence-electron chi connectivity index (χ2n) is 6.86. The van der Waals surface area contributed by atoms with Gasteiger partial charge in [0, 0.05) is 25.0 Å². The number of halogens is 1. The molecule has 0 radical (unpaired) electrons. The first-order valence-electron chi connectivity index (χ1n) is 9.33. The first kappa shape index (κ1) is 21.6. The van der Waals surface area contributed by atoms with E-state index in [9.17, 15) is 17.6 Å². The van der Waals surface area contributed by atoms with Crippen LogP contribution in [0.4, 0.5) is 4.39 Å². The first-order valence-corrected chi connectivity index (χ1v) is 10.8. The third-order valence-electron chi connectivity index (χ3n) is 4.39. The number of hydrogen-bond donors (Lipinski definition) is 2. The molecule has 156 valence electrons. The van der Waals surface area contributed by atoms with E-state index in [4.69, 9.17) is 0 Å². The number of carbonyl (C=O) groups is 1. The van der Waals surface area contributed by atoms with Gasteiger partial charge in [0.15, 0.2) is 0 Å². The first-order chi connectivity index (χ1) is 14.3. The van der Waals surface area contributed by atoms with E-state index in [1.165, 1.54) is 30.3 Å². The molecule has 3 aromatic rings. The van der Waals surface area contributed by atoms with Crippen molar-refractivity contribution in [2.24, 2.45) is 0 Å². The Morgan fingerprint density at radius 2 is 1.70 bits per heavy atom. The number of aryl methyl sites for hydroxylation is 1. The molecule has 6 nitrogen and oxygen atoms in total. The fraction of sp³-hybridized carbons (Fsp3) is 0.182. The number of nitrogens with zero attached hydrogens (tertiary/aromatic N) is 1. The van der Waals surface area contributed by atoms with Gasteiger partial charge in [-0.3, -0.25) is 9.78 Å². The molecule has 0 fully saturated rings. The summed E-state index contributed by atoms with van der Waals surface area (Å²) in [5.74, 6) is -0.607. The number of carbonyl (C=O) groups excluding carboxylic acids is 1. The minimum absolute atomic E-state index is 0.0222. The summed E-state index contributed by atoms with van der Waals surface area (Å²) in [6.45, 7) is 2.05. The molecule has 1 amide bonds. The smallest absolute Gasteiger partial charge is 0.240 e. The van der Waals surface area contributed by atoms with Crippen LogP contribution in [0.2, 0.25) is 0 Å². The van der Waals surface area contributed by atoms with E-state index in [-0.39, 0.29) is 30.3 Å². The lowest BCUT2D eigenvalue weighted by atomic mass is 10.2. The maximum atomic E-state index is 13.3. The van der Waals surface area contributed by atoms with Gasteiger partial charge in [0.25, 0.3) is 0 Å². The quantitative estimate of drug-likeness (QED) is 0.579. The Labute approximate surface area is 175 Å². The van der Waals surface area contributed by atoms with E-state index in [0.717, 1.165) is 11.3 Å². The molecule has 0 saturated heterocycles. The summed E-state index contributed by atoms with van der Waals surface area (Å²) in [6.07, 6.45) is 1.85. The molecule has 0 aliphatic rings. The van der Waals surface area contributed by atoms with Crippen LogP contribution in [-0.4, -0.2) is 19.3 Å². The van der Waals surface area contributed by atoms with Crippen LogP contribution >= 0.6 is 0 Å². The fourth-order valence-electron chi connectivity index (χ4n) is 2.78. The lowest BCUT2D eigenvalue weighted by molar-refractivity contribution is -0.120. The van der Waals surface area contributed by atoms with Crippen molar-refractivity contribution in [1.82, 2.24) is 15.0 Å². The Morgan fingerprint density at radius 3 is 2.40 bits per heavy atom. The second kappa shape index (κ2) is 9.60. The van der Waals surface area contributed by atoms with Gasteiger partial charge in [0.05, 0.1) is 11.3 Å². The van der Waals surface area contributed by atoms with Crippen LogP contribution in [0.5, 0.6) is 0 Å². The van der Waals surface area contributed by atoms with E-state index < -0.39 is 15.8 Å². The molecular weight excluding hydrogens is 405 g/mol. The summed E-state index contributed by atoms with van der Waals surface area (Å²) < 4.78 is 40.8. The molecule has 0 saturated carbocycles. The summed E-state index contributed by atoms with van der Waals surface area (Å²) >= 11 is 0. The Morgan fingerprint density at radius 1 is 0.967 bits per heavy atom. The molecule has 0 bridgehead atoms. The highest BCUT2D eigenvalue weighted by molar-refractivity contribution is 7.89. The molecule has 3 rings (SSSR count). The van der Waals surface area contributed by atoms with Gasteiger partial charge in [-0.2, -0.15) is 0 Å². The molecule has 0 aliphatic carbocycles. The summed E-state index contributed by atoms with van der Waals surface area (Å²) in [6, 6.07) is 15.7. The van der Waals surface area contributed by atoms with Gasteiger partial charge < -0.3 is 5.32 Å². The third kappa shape index (κ3) is 6.20.